The van der Waals surface area contributed by atoms with E-state index in [0.717, 1.165) is 38.4 Å². The van der Waals surface area contributed by atoms with Crippen LogP contribution in [0.15, 0.2) is 113 Å². The molecule has 0 spiro atoms. The van der Waals surface area contributed by atoms with Gasteiger partial charge in [-0.1, -0.05) is 82.3 Å². The lowest BCUT2D eigenvalue weighted by Gasteiger charge is -2.09. The number of hydrogen-bond donors (Lipinski definition) is 1. The first-order valence-corrected chi connectivity index (χ1v) is 14.5. The number of nitrogens with zero attached hydrogens (tertiary/aromatic N) is 4. The quantitative estimate of drug-likeness (QED) is 0.107. The fourth-order valence-corrected chi connectivity index (χ4v) is 5.33. The number of allylic oxidation sites excluding steroid dienone is 1. The highest BCUT2D eigenvalue weighted by atomic mass is 79.9. The Kier molecular flexibility index (Phi) is 7.44. The molecular weight excluding hydrogens is 582 g/mol. The number of carbonyl (C=O) groups is 1. The molecule has 4 aromatic carbocycles. The van der Waals surface area contributed by atoms with Crippen molar-refractivity contribution >= 4 is 67.6 Å². The summed E-state index contributed by atoms with van der Waals surface area (Å²) < 4.78 is 2.76. The zero-order valence-electron chi connectivity index (χ0n) is 21.6. The molecule has 0 radical (unpaired) electrons. The predicted octanol–water partition coefficient (Wildman–Crippen LogP) is 8.28. The van der Waals surface area contributed by atoms with Crippen molar-refractivity contribution in [2.45, 2.75) is 17.8 Å². The maximum atomic E-state index is 12.8. The number of carbonyl (C=O) groups excluding carboxylic acids is 1. The molecule has 0 fully saturated rings. The van der Waals surface area contributed by atoms with Gasteiger partial charge in [0, 0.05) is 33.2 Å². The molecule has 0 aliphatic carbocycles. The molecule has 196 valence electrons. The third kappa shape index (κ3) is 5.98. The SMILES string of the molecule is Cc1cc(Nc2ccc(C(=O)/C=C/c3ccc4ccccc4c3)cc2)n2nc(SCc3ccc(Br)cc3)nc2n1. The molecule has 6 nitrogen and oxygen atoms in total. The van der Waals surface area contributed by atoms with Gasteiger partial charge in [0.25, 0.3) is 5.78 Å². The van der Waals surface area contributed by atoms with Crippen LogP contribution in [0, 0.1) is 6.92 Å². The molecule has 1 N–H and O–H groups in total. The second-order valence-corrected chi connectivity index (χ2v) is 11.2. The summed E-state index contributed by atoms with van der Waals surface area (Å²) in [6.07, 6.45) is 3.47. The molecule has 0 atom stereocenters. The minimum absolute atomic E-state index is 0.0504. The Balaban J connectivity index is 1.15. The average Bonchev–Trinajstić information content (AvgIpc) is 3.39. The Morgan fingerprint density at radius 3 is 2.50 bits per heavy atom. The molecule has 2 aromatic heterocycles. The third-order valence-electron chi connectivity index (χ3n) is 6.34. The lowest BCUT2D eigenvalue weighted by atomic mass is 10.1. The van der Waals surface area contributed by atoms with Gasteiger partial charge in [0.2, 0.25) is 5.16 Å². The molecular formula is C32H24BrN5OS. The van der Waals surface area contributed by atoms with Crippen molar-refractivity contribution in [2.24, 2.45) is 0 Å². The number of aromatic nitrogens is 4. The lowest BCUT2D eigenvalue weighted by molar-refractivity contribution is 0.104. The molecule has 40 heavy (non-hydrogen) atoms. The monoisotopic (exact) mass is 605 g/mol. The number of nitrogens with one attached hydrogen (secondary N) is 1. The number of fused-ring (bicyclic) bond motifs is 2. The minimum Gasteiger partial charge on any atom is -0.340 e. The Bertz CT molecular complexity index is 1860. The average molecular weight is 607 g/mol. The number of thioether (sulfide) groups is 1. The molecule has 0 saturated carbocycles. The summed E-state index contributed by atoms with van der Waals surface area (Å²) in [5, 5.41) is 11.1. The number of halogens is 1. The lowest BCUT2D eigenvalue weighted by Crippen LogP contribution is -2.03. The molecule has 0 aliphatic heterocycles. The molecule has 0 aliphatic rings. The minimum atomic E-state index is -0.0504. The van der Waals surface area contributed by atoms with Crippen molar-refractivity contribution in [1.82, 2.24) is 19.6 Å². The fourth-order valence-electron chi connectivity index (χ4n) is 4.29. The standard InChI is InChI=1S/C32H24BrN5OS/c1-21-18-30(38-31(34-21)36-32(37-38)40-20-23-7-13-27(33)14-8-23)35-28-15-11-25(12-16-28)29(39)17-9-22-6-10-24-4-2-3-5-26(24)19-22/h2-19,35H,20H2,1H3/b17-9+. The summed E-state index contributed by atoms with van der Waals surface area (Å²) in [6.45, 7) is 1.93. The Morgan fingerprint density at radius 1 is 0.925 bits per heavy atom. The second kappa shape index (κ2) is 11.5. The van der Waals surface area contributed by atoms with E-state index < -0.39 is 0 Å². The van der Waals surface area contributed by atoms with Gasteiger partial charge in [-0.05, 0) is 77.4 Å². The summed E-state index contributed by atoms with van der Waals surface area (Å²) in [7, 11) is 0. The summed E-state index contributed by atoms with van der Waals surface area (Å²) in [6, 6.07) is 31.9. The first-order valence-electron chi connectivity index (χ1n) is 12.7. The van der Waals surface area contributed by atoms with Crippen LogP contribution in [-0.4, -0.2) is 25.4 Å². The Hall–Kier alpha value is -4.27. The smallest absolute Gasteiger partial charge is 0.255 e. The Labute approximate surface area is 244 Å². The highest BCUT2D eigenvalue weighted by Crippen LogP contribution is 2.24. The van der Waals surface area contributed by atoms with Gasteiger partial charge < -0.3 is 5.32 Å². The van der Waals surface area contributed by atoms with E-state index >= 15 is 0 Å². The molecule has 0 unspecified atom stereocenters. The van der Waals surface area contributed by atoms with Gasteiger partial charge in [-0.2, -0.15) is 9.50 Å². The van der Waals surface area contributed by atoms with E-state index in [9.17, 15) is 4.79 Å². The first kappa shape index (κ1) is 26.0. The van der Waals surface area contributed by atoms with Crippen molar-refractivity contribution in [3.05, 3.63) is 130 Å². The van der Waals surface area contributed by atoms with Crippen LogP contribution < -0.4 is 5.32 Å². The molecule has 6 aromatic rings. The van der Waals surface area contributed by atoms with Crippen LogP contribution in [0.4, 0.5) is 11.5 Å². The molecule has 6 rings (SSSR count). The van der Waals surface area contributed by atoms with Gasteiger partial charge in [-0.15, -0.1) is 5.10 Å². The van der Waals surface area contributed by atoms with Crippen molar-refractivity contribution < 1.29 is 4.79 Å². The van der Waals surface area contributed by atoms with Crippen molar-refractivity contribution in [3.8, 4) is 0 Å². The number of rotatable bonds is 8. The fraction of sp³-hybridized carbons (Fsp3) is 0.0625. The molecule has 8 heteroatoms. The van der Waals surface area contributed by atoms with Crippen LogP contribution in [0.5, 0.6) is 0 Å². The van der Waals surface area contributed by atoms with Crippen LogP contribution >= 0.6 is 27.7 Å². The summed E-state index contributed by atoms with van der Waals surface area (Å²) in [5.41, 5.74) is 4.46. The number of anilines is 2. The number of ketones is 1. The zero-order valence-corrected chi connectivity index (χ0v) is 24.0. The van der Waals surface area contributed by atoms with E-state index in [1.165, 1.54) is 10.9 Å². The Morgan fingerprint density at radius 2 is 1.70 bits per heavy atom. The van der Waals surface area contributed by atoms with Crippen LogP contribution in [-0.2, 0) is 5.75 Å². The largest absolute Gasteiger partial charge is 0.340 e. The predicted molar refractivity (Wildman–Crippen MR) is 166 cm³/mol. The van der Waals surface area contributed by atoms with Crippen LogP contribution in [0.25, 0.3) is 22.6 Å². The number of benzene rings is 4. The van der Waals surface area contributed by atoms with Crippen molar-refractivity contribution in [1.29, 1.82) is 0 Å². The molecule has 0 saturated heterocycles. The van der Waals surface area contributed by atoms with Gasteiger partial charge in [-0.25, -0.2) is 4.98 Å². The summed E-state index contributed by atoms with van der Waals surface area (Å²) in [4.78, 5) is 22.0. The van der Waals surface area contributed by atoms with E-state index in [0.29, 0.717) is 16.5 Å². The summed E-state index contributed by atoms with van der Waals surface area (Å²) >= 11 is 5.03. The third-order valence-corrected chi connectivity index (χ3v) is 7.78. The van der Waals surface area contributed by atoms with Gasteiger partial charge in [0.15, 0.2) is 5.78 Å². The van der Waals surface area contributed by atoms with E-state index in [2.05, 4.69) is 72.7 Å². The number of hydrogen-bond acceptors (Lipinski definition) is 6. The first-order chi connectivity index (χ1) is 19.5. The number of aryl methyl sites for hydroxylation is 1. The van der Waals surface area contributed by atoms with Crippen molar-refractivity contribution in [3.63, 3.8) is 0 Å². The van der Waals surface area contributed by atoms with E-state index in [1.54, 1.807) is 22.4 Å². The van der Waals surface area contributed by atoms with Gasteiger partial charge in [-0.3, -0.25) is 4.79 Å². The van der Waals surface area contributed by atoms with Crippen molar-refractivity contribution in [2.75, 3.05) is 5.32 Å². The molecule has 0 bridgehead atoms. The zero-order chi connectivity index (χ0) is 27.5. The van der Waals surface area contributed by atoms with Gasteiger partial charge in [0.1, 0.15) is 5.82 Å². The second-order valence-electron chi connectivity index (χ2n) is 9.31. The maximum Gasteiger partial charge on any atom is 0.255 e. The van der Waals surface area contributed by atoms with E-state index in [-0.39, 0.29) is 5.78 Å². The summed E-state index contributed by atoms with van der Waals surface area (Å²) in [5.74, 6) is 1.99. The van der Waals surface area contributed by atoms with Crippen LogP contribution in [0.2, 0.25) is 0 Å². The van der Waals surface area contributed by atoms with E-state index in [1.807, 2.05) is 73.7 Å². The van der Waals surface area contributed by atoms with Crippen LogP contribution in [0.1, 0.15) is 27.2 Å². The highest BCUT2D eigenvalue weighted by Gasteiger charge is 2.12. The van der Waals surface area contributed by atoms with Gasteiger partial charge >= 0.3 is 0 Å². The normalized spacial score (nSPS) is 11.4. The topological polar surface area (TPSA) is 72.2 Å². The molecule has 2 heterocycles. The molecule has 0 amide bonds. The highest BCUT2D eigenvalue weighted by molar-refractivity contribution is 9.10. The van der Waals surface area contributed by atoms with Gasteiger partial charge in [0.05, 0.1) is 0 Å². The van der Waals surface area contributed by atoms with E-state index in [4.69, 9.17) is 0 Å². The van der Waals surface area contributed by atoms with Crippen LogP contribution in [0.3, 0.4) is 0 Å². The maximum absolute atomic E-state index is 12.8.